The lowest BCUT2D eigenvalue weighted by molar-refractivity contribution is 0.0367. The molecule has 1 aliphatic rings. The third-order valence-corrected chi connectivity index (χ3v) is 6.78. The Balaban J connectivity index is 1.46. The Morgan fingerprint density at radius 2 is 2.03 bits per heavy atom. The van der Waals surface area contributed by atoms with Crippen molar-refractivity contribution in [1.82, 2.24) is 15.3 Å². The van der Waals surface area contributed by atoms with Crippen LogP contribution in [0.15, 0.2) is 48.0 Å². The fourth-order valence-electron chi connectivity index (χ4n) is 3.93. The van der Waals surface area contributed by atoms with E-state index in [1.165, 1.54) is 4.88 Å². The molecule has 1 atom stereocenters. The molecule has 0 spiro atoms. The van der Waals surface area contributed by atoms with E-state index in [1.807, 2.05) is 50.2 Å². The van der Waals surface area contributed by atoms with Gasteiger partial charge in [0.25, 0.3) is 5.91 Å². The summed E-state index contributed by atoms with van der Waals surface area (Å²) < 4.78 is 6.25. The van der Waals surface area contributed by atoms with E-state index in [-0.39, 0.29) is 12.0 Å². The van der Waals surface area contributed by atoms with E-state index < -0.39 is 0 Å². The number of hydrogen-bond donors (Lipinski definition) is 2. The fourth-order valence-corrected chi connectivity index (χ4v) is 4.74. The Bertz CT molecular complexity index is 1070. The number of aromatic nitrogens is 2. The van der Waals surface area contributed by atoms with E-state index in [2.05, 4.69) is 38.1 Å². The largest absolute Gasteiger partial charge is 0.368 e. The van der Waals surface area contributed by atoms with E-state index in [1.54, 1.807) is 22.4 Å². The molecule has 2 N–H and O–H groups in total. The first-order chi connectivity index (χ1) is 16.6. The van der Waals surface area contributed by atoms with Gasteiger partial charge in [-0.1, -0.05) is 18.2 Å². The standard InChI is InChI=1S/C25H32N6O2S/c1-4-27-25-28-16-20-23(29-25)30(3)13-14-31(24(20)32)19-9-7-18(8-10-19)17-33-21(11-12-26-2)22-6-5-15-34-22/h5-10,15-16,21,26H,4,11-14,17H2,1-3H3,(H,27,28,29). The molecule has 4 rings (SSSR count). The molecule has 0 radical (unpaired) electrons. The third-order valence-electron chi connectivity index (χ3n) is 5.82. The van der Waals surface area contributed by atoms with E-state index in [0.29, 0.717) is 37.0 Å². The Morgan fingerprint density at radius 1 is 1.21 bits per heavy atom. The van der Waals surface area contributed by atoms with E-state index in [4.69, 9.17) is 4.74 Å². The molecule has 0 saturated heterocycles. The molecule has 0 bridgehead atoms. The molecule has 180 valence electrons. The summed E-state index contributed by atoms with van der Waals surface area (Å²) in [6.07, 6.45) is 2.61. The fraction of sp³-hybridized carbons (Fsp3) is 0.400. The summed E-state index contributed by atoms with van der Waals surface area (Å²) in [6, 6.07) is 12.2. The van der Waals surface area contributed by atoms with Crippen molar-refractivity contribution in [2.75, 3.05) is 55.4 Å². The number of amides is 1. The zero-order chi connectivity index (χ0) is 23.9. The van der Waals surface area contributed by atoms with E-state index in [9.17, 15) is 4.79 Å². The first kappa shape index (κ1) is 24.1. The Hall–Kier alpha value is -3.01. The second-order valence-corrected chi connectivity index (χ2v) is 9.19. The smallest absolute Gasteiger partial charge is 0.263 e. The van der Waals surface area contributed by atoms with Crippen molar-refractivity contribution < 1.29 is 9.53 Å². The minimum Gasteiger partial charge on any atom is -0.368 e. The average molecular weight is 481 g/mol. The summed E-state index contributed by atoms with van der Waals surface area (Å²) in [7, 11) is 3.91. The molecule has 1 aromatic carbocycles. The van der Waals surface area contributed by atoms with Crippen molar-refractivity contribution in [3.8, 4) is 0 Å². The number of rotatable bonds is 10. The van der Waals surface area contributed by atoms with Gasteiger partial charge in [-0.25, -0.2) is 4.98 Å². The topological polar surface area (TPSA) is 82.6 Å². The maximum Gasteiger partial charge on any atom is 0.263 e. The first-order valence-electron chi connectivity index (χ1n) is 11.6. The van der Waals surface area contributed by atoms with Gasteiger partial charge in [0.2, 0.25) is 5.95 Å². The summed E-state index contributed by atoms with van der Waals surface area (Å²) >= 11 is 1.72. The lowest BCUT2D eigenvalue weighted by Gasteiger charge is -2.21. The van der Waals surface area contributed by atoms with Gasteiger partial charge in [0.15, 0.2) is 0 Å². The quantitative estimate of drug-likeness (QED) is 0.455. The monoisotopic (exact) mass is 480 g/mol. The van der Waals surface area contributed by atoms with Crippen LogP contribution in [0.25, 0.3) is 0 Å². The van der Waals surface area contributed by atoms with Gasteiger partial charge in [-0.3, -0.25) is 4.79 Å². The molecule has 9 heteroatoms. The van der Waals surface area contributed by atoms with Crippen molar-refractivity contribution in [2.45, 2.75) is 26.1 Å². The molecular formula is C25H32N6O2S. The molecule has 8 nitrogen and oxygen atoms in total. The van der Waals surface area contributed by atoms with E-state index >= 15 is 0 Å². The van der Waals surface area contributed by atoms with Gasteiger partial charge in [-0.15, -0.1) is 11.3 Å². The van der Waals surface area contributed by atoms with Crippen LogP contribution >= 0.6 is 11.3 Å². The molecule has 3 heterocycles. The highest BCUT2D eigenvalue weighted by Gasteiger charge is 2.28. The van der Waals surface area contributed by atoms with E-state index in [0.717, 1.165) is 30.8 Å². The van der Waals surface area contributed by atoms with Crippen molar-refractivity contribution >= 4 is 34.7 Å². The van der Waals surface area contributed by atoms with Crippen LogP contribution in [0.1, 0.15) is 40.2 Å². The van der Waals surface area contributed by atoms with Gasteiger partial charge in [0, 0.05) is 43.4 Å². The van der Waals surface area contributed by atoms with Crippen LogP contribution in [-0.2, 0) is 11.3 Å². The number of likely N-dealkylation sites (N-methyl/N-ethyl adjacent to an activating group) is 1. The third kappa shape index (κ3) is 5.55. The second kappa shape index (κ2) is 11.4. The van der Waals surface area contributed by atoms with Crippen molar-refractivity contribution in [3.63, 3.8) is 0 Å². The minimum atomic E-state index is -0.0868. The zero-order valence-corrected chi connectivity index (χ0v) is 20.8. The Kier molecular flexibility index (Phi) is 8.10. The second-order valence-electron chi connectivity index (χ2n) is 8.21. The molecule has 0 saturated carbocycles. The molecule has 34 heavy (non-hydrogen) atoms. The summed E-state index contributed by atoms with van der Waals surface area (Å²) in [5, 5.41) is 8.40. The molecule has 1 unspecified atom stereocenters. The maximum atomic E-state index is 13.4. The van der Waals surface area contributed by atoms with Gasteiger partial charge in [0.1, 0.15) is 11.4 Å². The number of ether oxygens (including phenoxy) is 1. The summed E-state index contributed by atoms with van der Waals surface area (Å²) in [4.78, 5) is 27.3. The molecule has 0 aliphatic carbocycles. The molecule has 0 fully saturated rings. The number of carbonyl (C=O) groups excluding carboxylic acids is 1. The van der Waals surface area contributed by atoms with Crippen LogP contribution < -0.4 is 20.4 Å². The number of nitrogens with one attached hydrogen (secondary N) is 2. The number of nitrogens with zero attached hydrogens (tertiary/aromatic N) is 4. The van der Waals surface area contributed by atoms with Gasteiger partial charge in [-0.2, -0.15) is 4.98 Å². The van der Waals surface area contributed by atoms with Crippen LogP contribution in [-0.4, -0.2) is 56.1 Å². The average Bonchev–Trinajstić information content (AvgIpc) is 3.36. The predicted octanol–water partition coefficient (Wildman–Crippen LogP) is 3.93. The van der Waals surface area contributed by atoms with Crippen molar-refractivity contribution in [2.24, 2.45) is 0 Å². The zero-order valence-electron chi connectivity index (χ0n) is 20.0. The Morgan fingerprint density at radius 3 is 2.74 bits per heavy atom. The lowest BCUT2D eigenvalue weighted by Crippen LogP contribution is -2.33. The summed E-state index contributed by atoms with van der Waals surface area (Å²) in [5.74, 6) is 1.11. The summed E-state index contributed by atoms with van der Waals surface area (Å²) in [6.45, 7) is 5.39. The number of hydrogen-bond acceptors (Lipinski definition) is 8. The first-order valence-corrected chi connectivity index (χ1v) is 12.5. The number of carbonyl (C=O) groups is 1. The number of fused-ring (bicyclic) bond motifs is 1. The van der Waals surface area contributed by atoms with Crippen LogP contribution in [0.5, 0.6) is 0 Å². The molecule has 3 aromatic rings. The van der Waals surface area contributed by atoms with Crippen molar-refractivity contribution in [3.05, 3.63) is 64.0 Å². The molecular weight excluding hydrogens is 448 g/mol. The van der Waals surface area contributed by atoms with Crippen LogP contribution in [0.2, 0.25) is 0 Å². The van der Waals surface area contributed by atoms with Gasteiger partial charge < -0.3 is 25.2 Å². The molecule has 1 aliphatic heterocycles. The highest BCUT2D eigenvalue weighted by molar-refractivity contribution is 7.10. The molecule has 2 aromatic heterocycles. The Labute approximate surface area is 205 Å². The number of thiophene rings is 1. The normalized spacial score (nSPS) is 14.6. The molecule has 1 amide bonds. The van der Waals surface area contributed by atoms with Crippen LogP contribution in [0, 0.1) is 0 Å². The lowest BCUT2D eigenvalue weighted by atomic mass is 10.1. The van der Waals surface area contributed by atoms with Crippen LogP contribution in [0.4, 0.5) is 17.5 Å². The maximum absolute atomic E-state index is 13.4. The van der Waals surface area contributed by atoms with Crippen LogP contribution in [0.3, 0.4) is 0 Å². The van der Waals surface area contributed by atoms with Gasteiger partial charge >= 0.3 is 0 Å². The highest BCUT2D eigenvalue weighted by atomic mass is 32.1. The SMILES string of the molecule is CCNc1ncc2c(n1)N(C)CCN(c1ccc(COC(CCNC)c3cccs3)cc1)C2=O. The van der Waals surface area contributed by atoms with Gasteiger partial charge in [0.05, 0.1) is 12.7 Å². The highest BCUT2D eigenvalue weighted by Crippen LogP contribution is 2.28. The minimum absolute atomic E-state index is 0.0680. The number of anilines is 3. The summed E-state index contributed by atoms with van der Waals surface area (Å²) in [5.41, 5.74) is 2.45. The van der Waals surface area contributed by atoms with Gasteiger partial charge in [-0.05, 0) is 56.1 Å². The van der Waals surface area contributed by atoms with Crippen molar-refractivity contribution in [1.29, 1.82) is 0 Å². The predicted molar refractivity (Wildman–Crippen MR) is 138 cm³/mol. The number of benzene rings is 1.